The molecule has 0 aliphatic rings. The molecule has 0 radical (unpaired) electrons. The van der Waals surface area contributed by atoms with Crippen molar-refractivity contribution in [2.75, 3.05) is 0 Å². The van der Waals surface area contributed by atoms with Gasteiger partial charge in [-0.05, 0) is 63.0 Å². The average molecular weight is 517 g/mol. The molecule has 28 heavy (non-hydrogen) atoms. The van der Waals surface area contributed by atoms with Crippen molar-refractivity contribution in [1.82, 2.24) is 9.97 Å². The number of carboxylic acid groups (broad SMARTS) is 1. The lowest BCUT2D eigenvalue weighted by Crippen LogP contribution is -1.97. The number of ketones is 1. The second-order valence-electron chi connectivity index (χ2n) is 5.31. The van der Waals surface area contributed by atoms with Crippen LogP contribution in [0.25, 0.3) is 6.08 Å². The zero-order valence-electron chi connectivity index (χ0n) is 15.4. The zero-order valence-corrected chi connectivity index (χ0v) is 18.6. The van der Waals surface area contributed by atoms with Gasteiger partial charge in [0.05, 0.1) is 10.6 Å². The van der Waals surface area contributed by atoms with Crippen molar-refractivity contribution in [2.45, 2.75) is 27.2 Å². The Morgan fingerprint density at radius 3 is 1.93 bits per heavy atom. The Morgan fingerprint density at radius 2 is 1.57 bits per heavy atom. The third-order valence-corrected chi connectivity index (χ3v) is 3.55. The van der Waals surface area contributed by atoms with Gasteiger partial charge in [-0.25, -0.2) is 0 Å². The standard InChI is InChI=1S/C8H7BrN2O2.C8H8BrNO.C2H4O2/c1-6(11(12)13)4-8-3-2-7(9)5-10-8;1-6(11)4-8-3-2-7(9)5-10-8;1-2(3)4/h2-5H,1H3;2-3,5H,4H2,1H3;1H3,(H,3,4)/b6-4+;;. The number of Topliss-reactive ketones (excluding diaryl/α,β-unsaturated/α-hetero) is 1. The zero-order chi connectivity index (χ0) is 21.7. The highest BCUT2D eigenvalue weighted by Crippen LogP contribution is 2.10. The molecule has 2 rings (SSSR count). The van der Waals surface area contributed by atoms with Crippen LogP contribution in [0.3, 0.4) is 0 Å². The molecule has 0 unspecified atom stereocenters. The molecule has 0 bridgehead atoms. The smallest absolute Gasteiger partial charge is 0.300 e. The number of aliphatic carboxylic acids is 1. The van der Waals surface area contributed by atoms with Crippen molar-refractivity contribution in [2.24, 2.45) is 0 Å². The van der Waals surface area contributed by atoms with E-state index in [2.05, 4.69) is 41.8 Å². The Hall–Kier alpha value is -2.46. The van der Waals surface area contributed by atoms with Gasteiger partial charge in [-0.1, -0.05) is 0 Å². The predicted octanol–water partition coefficient (Wildman–Crippen LogP) is 4.55. The lowest BCUT2D eigenvalue weighted by molar-refractivity contribution is -0.422. The van der Waals surface area contributed by atoms with Gasteiger partial charge in [0.1, 0.15) is 5.78 Å². The molecule has 0 amide bonds. The Bertz CT molecular complexity index is 818. The molecule has 1 N–H and O–H groups in total. The number of aromatic nitrogens is 2. The van der Waals surface area contributed by atoms with Crippen LogP contribution < -0.4 is 0 Å². The van der Waals surface area contributed by atoms with E-state index in [1.54, 1.807) is 31.5 Å². The fourth-order valence-electron chi connectivity index (χ4n) is 1.51. The fourth-order valence-corrected chi connectivity index (χ4v) is 1.97. The summed E-state index contributed by atoms with van der Waals surface area (Å²) < 4.78 is 1.79. The van der Waals surface area contributed by atoms with E-state index in [9.17, 15) is 14.9 Å². The number of halogens is 2. The average Bonchev–Trinajstić information content (AvgIpc) is 2.58. The van der Waals surface area contributed by atoms with Gasteiger partial charge in [0.15, 0.2) is 0 Å². The van der Waals surface area contributed by atoms with Gasteiger partial charge >= 0.3 is 0 Å². The molecule has 0 spiro atoms. The number of carbonyl (C=O) groups excluding carboxylic acids is 1. The third kappa shape index (κ3) is 13.7. The molecule has 0 aromatic carbocycles. The lowest BCUT2D eigenvalue weighted by atomic mass is 10.2. The molecule has 10 heteroatoms. The topological polar surface area (TPSA) is 123 Å². The highest BCUT2D eigenvalue weighted by Gasteiger charge is 2.02. The van der Waals surface area contributed by atoms with Crippen LogP contribution >= 0.6 is 31.9 Å². The van der Waals surface area contributed by atoms with Crippen LogP contribution in [0.4, 0.5) is 0 Å². The summed E-state index contributed by atoms with van der Waals surface area (Å²) in [7, 11) is 0. The van der Waals surface area contributed by atoms with Crippen LogP contribution in [0.1, 0.15) is 32.2 Å². The summed E-state index contributed by atoms with van der Waals surface area (Å²) in [4.78, 5) is 37.5. The van der Waals surface area contributed by atoms with Crippen molar-refractivity contribution in [3.05, 3.63) is 72.8 Å². The van der Waals surface area contributed by atoms with Crippen LogP contribution in [0.5, 0.6) is 0 Å². The minimum atomic E-state index is -0.833. The molecule has 0 aliphatic carbocycles. The van der Waals surface area contributed by atoms with Crippen LogP contribution in [-0.4, -0.2) is 31.8 Å². The minimum Gasteiger partial charge on any atom is -0.481 e. The maximum Gasteiger partial charge on any atom is 0.300 e. The van der Waals surface area contributed by atoms with Gasteiger partial charge in [0.25, 0.3) is 5.97 Å². The first-order valence-corrected chi connectivity index (χ1v) is 9.33. The summed E-state index contributed by atoms with van der Waals surface area (Å²) in [5.41, 5.74) is 1.48. The van der Waals surface area contributed by atoms with Gasteiger partial charge in [0.2, 0.25) is 5.70 Å². The van der Waals surface area contributed by atoms with E-state index >= 15 is 0 Å². The van der Waals surface area contributed by atoms with E-state index in [0.717, 1.165) is 21.6 Å². The summed E-state index contributed by atoms with van der Waals surface area (Å²) in [5.74, 6) is -0.695. The second-order valence-corrected chi connectivity index (χ2v) is 7.14. The largest absolute Gasteiger partial charge is 0.481 e. The van der Waals surface area contributed by atoms with Crippen molar-refractivity contribution in [3.63, 3.8) is 0 Å². The van der Waals surface area contributed by atoms with Crippen LogP contribution in [0, 0.1) is 10.1 Å². The van der Waals surface area contributed by atoms with E-state index in [1.807, 2.05) is 12.1 Å². The molecule has 2 aromatic heterocycles. The predicted molar refractivity (Wildman–Crippen MR) is 112 cm³/mol. The molecule has 0 aliphatic heterocycles. The first kappa shape index (κ1) is 25.5. The summed E-state index contributed by atoms with van der Waals surface area (Å²) in [6.45, 7) is 4.08. The Labute approximate surface area is 179 Å². The molecule has 0 fully saturated rings. The Morgan fingerprint density at radius 1 is 1.07 bits per heavy atom. The molecule has 0 saturated carbocycles. The molecule has 0 saturated heterocycles. The Kier molecular flexibility index (Phi) is 12.5. The van der Waals surface area contributed by atoms with E-state index in [1.165, 1.54) is 13.0 Å². The number of allylic oxidation sites excluding steroid dienone is 1. The van der Waals surface area contributed by atoms with Crippen molar-refractivity contribution in [1.29, 1.82) is 0 Å². The maximum absolute atomic E-state index is 10.6. The number of nitro groups is 1. The van der Waals surface area contributed by atoms with Crippen molar-refractivity contribution < 1.29 is 19.6 Å². The fraction of sp³-hybridized carbons (Fsp3) is 0.222. The SMILES string of the molecule is C/C(=C\c1ccc(Br)cn1)[N+](=O)[O-].CC(=O)Cc1ccc(Br)cn1.CC(=O)O. The number of carbonyl (C=O) groups is 2. The highest BCUT2D eigenvalue weighted by molar-refractivity contribution is 9.10. The molecule has 2 aromatic rings. The quantitative estimate of drug-likeness (QED) is 0.467. The first-order valence-electron chi connectivity index (χ1n) is 7.75. The maximum atomic E-state index is 10.6. The van der Waals surface area contributed by atoms with Gasteiger partial charge in [-0.2, -0.15) is 0 Å². The number of hydrogen-bond donors (Lipinski definition) is 1. The van der Waals surface area contributed by atoms with Crippen LogP contribution in [0.15, 0.2) is 51.3 Å². The highest BCUT2D eigenvalue weighted by atomic mass is 79.9. The number of carboxylic acids is 1. The summed E-state index contributed by atoms with van der Waals surface area (Å²) >= 11 is 6.49. The van der Waals surface area contributed by atoms with Crippen LogP contribution in [-0.2, 0) is 16.0 Å². The number of rotatable bonds is 4. The lowest BCUT2D eigenvalue weighted by Gasteiger charge is -1.95. The number of nitrogens with zero attached hydrogens (tertiary/aromatic N) is 3. The van der Waals surface area contributed by atoms with E-state index in [4.69, 9.17) is 9.90 Å². The van der Waals surface area contributed by atoms with Gasteiger partial charge in [-0.3, -0.25) is 29.7 Å². The van der Waals surface area contributed by atoms with Crippen molar-refractivity contribution >= 4 is 49.7 Å². The summed E-state index contributed by atoms with van der Waals surface area (Å²) in [6.07, 6.45) is 5.14. The van der Waals surface area contributed by atoms with Gasteiger partial charge < -0.3 is 5.11 Å². The van der Waals surface area contributed by atoms with Crippen molar-refractivity contribution in [3.8, 4) is 0 Å². The number of pyridine rings is 2. The third-order valence-electron chi connectivity index (χ3n) is 2.61. The van der Waals surface area contributed by atoms with Gasteiger partial charge in [-0.15, -0.1) is 0 Å². The summed E-state index contributed by atoms with van der Waals surface area (Å²) in [5, 5.41) is 17.7. The normalized spacial score (nSPS) is 9.96. The molecule has 2 heterocycles. The Balaban J connectivity index is 0.000000442. The molecule has 150 valence electrons. The van der Waals surface area contributed by atoms with Crippen LogP contribution in [0.2, 0.25) is 0 Å². The van der Waals surface area contributed by atoms with E-state index < -0.39 is 10.9 Å². The number of hydrogen-bond acceptors (Lipinski definition) is 6. The molecular formula is C18H19Br2N3O5. The molecular weight excluding hydrogens is 498 g/mol. The minimum absolute atomic E-state index is 0.0785. The molecule has 8 nitrogen and oxygen atoms in total. The second kappa shape index (κ2) is 13.7. The first-order chi connectivity index (χ1) is 13.0. The monoisotopic (exact) mass is 515 g/mol. The van der Waals surface area contributed by atoms with E-state index in [-0.39, 0.29) is 11.5 Å². The van der Waals surface area contributed by atoms with Gasteiger partial charge in [0, 0.05) is 53.4 Å². The molecule has 0 atom stereocenters. The van der Waals surface area contributed by atoms with E-state index in [0.29, 0.717) is 12.1 Å². The summed E-state index contributed by atoms with van der Waals surface area (Å²) in [6, 6.07) is 7.21.